The molecular formula is C6H11O10P. The molecule has 11 heteroatoms. The molecule has 0 aromatic rings. The first-order valence-corrected chi connectivity index (χ1v) is 5.61. The molecule has 0 aromatic carbocycles. The van der Waals surface area contributed by atoms with Gasteiger partial charge in [-0.1, -0.05) is 0 Å². The molecule has 17 heavy (non-hydrogen) atoms. The Kier molecular flexibility index (Phi) is 5.85. The Morgan fingerprint density at radius 1 is 1.18 bits per heavy atom. The summed E-state index contributed by atoms with van der Waals surface area (Å²) < 4.78 is 13.5. The third-order valence-corrected chi connectivity index (χ3v) is 1.98. The molecular weight excluding hydrogens is 263 g/mol. The summed E-state index contributed by atoms with van der Waals surface area (Å²) in [7, 11) is -5.25. The van der Waals surface area contributed by atoms with Gasteiger partial charge in [0.15, 0.2) is 6.10 Å². The van der Waals surface area contributed by atoms with Crippen molar-refractivity contribution in [2.24, 2.45) is 0 Å². The fourth-order valence-corrected chi connectivity index (χ4v) is 1.05. The van der Waals surface area contributed by atoms with Gasteiger partial charge < -0.3 is 24.9 Å². The van der Waals surface area contributed by atoms with E-state index in [0.717, 1.165) is 0 Å². The number of aliphatic hydroxyl groups is 4. The Balaban J connectivity index is 4.60. The normalized spacial score (nSPS) is 17.1. The zero-order chi connectivity index (χ0) is 13.8. The average molecular weight is 274 g/mol. The van der Waals surface area contributed by atoms with E-state index in [1.54, 1.807) is 0 Å². The van der Waals surface area contributed by atoms with Gasteiger partial charge in [-0.05, 0) is 0 Å². The molecule has 3 atom stereocenters. The van der Waals surface area contributed by atoms with Gasteiger partial charge in [-0.15, -0.1) is 0 Å². The van der Waals surface area contributed by atoms with Crippen LogP contribution in [0.4, 0.5) is 0 Å². The van der Waals surface area contributed by atoms with E-state index >= 15 is 0 Å². The van der Waals surface area contributed by atoms with Crippen LogP contribution in [0.5, 0.6) is 0 Å². The van der Waals surface area contributed by atoms with Crippen molar-refractivity contribution in [1.82, 2.24) is 0 Å². The maximum atomic E-state index is 11.0. The van der Waals surface area contributed by atoms with E-state index < -0.39 is 44.5 Å². The van der Waals surface area contributed by atoms with E-state index in [1.807, 2.05) is 0 Å². The van der Waals surface area contributed by atoms with Crippen molar-refractivity contribution < 1.29 is 48.9 Å². The number of phosphoric acid groups is 1. The van der Waals surface area contributed by atoms with Gasteiger partial charge in [0.1, 0.15) is 12.2 Å². The minimum Gasteiger partial charge on any atom is -0.394 e. The molecule has 0 heterocycles. The van der Waals surface area contributed by atoms with Gasteiger partial charge in [-0.25, -0.2) is 9.36 Å². The Bertz CT molecular complexity index is 334. The molecule has 0 amide bonds. The monoisotopic (exact) mass is 274 g/mol. The van der Waals surface area contributed by atoms with Crippen molar-refractivity contribution in [2.45, 2.75) is 18.3 Å². The molecule has 0 bridgehead atoms. The van der Waals surface area contributed by atoms with Gasteiger partial charge in [0, 0.05) is 0 Å². The zero-order valence-corrected chi connectivity index (χ0v) is 9.10. The lowest BCUT2D eigenvalue weighted by atomic mass is 10.1. The molecule has 100 valence electrons. The topological polar surface area (TPSA) is 182 Å². The number of carbonyl (C=O) groups excluding carboxylic acids is 2. The van der Waals surface area contributed by atoms with E-state index in [0.29, 0.717) is 0 Å². The lowest BCUT2D eigenvalue weighted by molar-refractivity contribution is -0.158. The predicted molar refractivity (Wildman–Crippen MR) is 48.2 cm³/mol. The lowest BCUT2D eigenvalue weighted by Crippen LogP contribution is -2.46. The summed E-state index contributed by atoms with van der Waals surface area (Å²) in [5, 5.41) is 35.3. The predicted octanol–water partition coefficient (Wildman–Crippen LogP) is -3.73. The number of hydrogen-bond acceptors (Lipinski definition) is 8. The third-order valence-electron chi connectivity index (χ3n) is 1.58. The number of phosphoric ester groups is 1. The van der Waals surface area contributed by atoms with Crippen LogP contribution in [-0.2, 0) is 18.7 Å². The summed E-state index contributed by atoms with van der Waals surface area (Å²) in [5.74, 6) is -3.94. The van der Waals surface area contributed by atoms with Gasteiger partial charge in [-0.2, -0.15) is 0 Å². The second kappa shape index (κ2) is 6.17. The minimum atomic E-state index is -5.25. The molecule has 0 unspecified atom stereocenters. The van der Waals surface area contributed by atoms with E-state index in [1.165, 1.54) is 0 Å². The van der Waals surface area contributed by atoms with Crippen LogP contribution in [0, 0.1) is 0 Å². The van der Waals surface area contributed by atoms with Crippen molar-refractivity contribution in [3.05, 3.63) is 0 Å². The van der Waals surface area contributed by atoms with Crippen LogP contribution in [0.15, 0.2) is 0 Å². The highest BCUT2D eigenvalue weighted by Gasteiger charge is 2.37. The zero-order valence-electron chi connectivity index (χ0n) is 8.20. The first-order chi connectivity index (χ1) is 7.60. The molecule has 0 fully saturated rings. The van der Waals surface area contributed by atoms with Crippen LogP contribution in [0.3, 0.4) is 0 Å². The molecule has 6 N–H and O–H groups in total. The number of aliphatic hydroxyl groups excluding tert-OH is 4. The van der Waals surface area contributed by atoms with Crippen LogP contribution in [-0.4, -0.2) is 66.9 Å². The number of Topliss-reactive ketones (excluding diaryl/α,β-unsaturated/α-hetero) is 1. The summed E-state index contributed by atoms with van der Waals surface area (Å²) in [6.07, 6.45) is -6.58. The quantitative estimate of drug-likeness (QED) is 0.208. The Morgan fingerprint density at radius 2 is 1.65 bits per heavy atom. The molecule has 0 rings (SSSR count). The van der Waals surface area contributed by atoms with Crippen molar-refractivity contribution in [3.8, 4) is 0 Å². The van der Waals surface area contributed by atoms with Crippen LogP contribution in [0.2, 0.25) is 0 Å². The molecule has 0 saturated heterocycles. The van der Waals surface area contributed by atoms with Crippen molar-refractivity contribution in [1.29, 1.82) is 0 Å². The Morgan fingerprint density at radius 3 is 2.00 bits per heavy atom. The van der Waals surface area contributed by atoms with Crippen LogP contribution < -0.4 is 0 Å². The molecule has 0 radical (unpaired) electrons. The first kappa shape index (κ1) is 16.1. The van der Waals surface area contributed by atoms with Gasteiger partial charge in [-0.3, -0.25) is 14.6 Å². The second-order valence-electron chi connectivity index (χ2n) is 2.92. The molecule has 0 spiro atoms. The van der Waals surface area contributed by atoms with Gasteiger partial charge >= 0.3 is 13.8 Å². The number of rotatable bonds is 6. The molecule has 0 aromatic heterocycles. The van der Waals surface area contributed by atoms with E-state index in [-0.39, 0.29) is 0 Å². The molecule has 0 aliphatic carbocycles. The highest BCUT2D eigenvalue weighted by atomic mass is 31.2. The molecule has 0 saturated carbocycles. The number of hydrogen-bond donors (Lipinski definition) is 6. The summed E-state index contributed by atoms with van der Waals surface area (Å²) in [6.45, 7) is -1.00. The second-order valence-corrected chi connectivity index (χ2v) is 4.08. The van der Waals surface area contributed by atoms with Crippen LogP contribution in [0.25, 0.3) is 0 Å². The minimum absolute atomic E-state index is 1.00. The summed E-state index contributed by atoms with van der Waals surface area (Å²) in [5.41, 5.74) is 0. The van der Waals surface area contributed by atoms with Crippen molar-refractivity contribution in [3.63, 3.8) is 0 Å². The van der Waals surface area contributed by atoms with E-state index in [4.69, 9.17) is 30.2 Å². The van der Waals surface area contributed by atoms with Crippen molar-refractivity contribution in [2.75, 3.05) is 6.61 Å². The molecule has 10 nitrogen and oxygen atoms in total. The van der Waals surface area contributed by atoms with Crippen molar-refractivity contribution >= 4 is 19.6 Å². The summed E-state index contributed by atoms with van der Waals surface area (Å²) >= 11 is 0. The lowest BCUT2D eigenvalue weighted by Gasteiger charge is -2.19. The van der Waals surface area contributed by atoms with Gasteiger partial charge in [0.25, 0.3) is 5.78 Å². The van der Waals surface area contributed by atoms with Crippen LogP contribution >= 0.6 is 7.82 Å². The highest BCUT2D eigenvalue weighted by Crippen LogP contribution is 2.36. The third kappa shape index (κ3) is 5.33. The fraction of sp³-hybridized carbons (Fsp3) is 0.667. The van der Waals surface area contributed by atoms with E-state index in [9.17, 15) is 14.2 Å². The Hall–Kier alpha value is -0.870. The van der Waals surface area contributed by atoms with Gasteiger partial charge in [0.2, 0.25) is 0 Å². The number of ketones is 1. The molecule has 0 aliphatic rings. The fourth-order valence-electron chi connectivity index (χ4n) is 0.747. The summed E-state index contributed by atoms with van der Waals surface area (Å²) in [6, 6.07) is 0. The van der Waals surface area contributed by atoms with E-state index in [2.05, 4.69) is 4.52 Å². The maximum absolute atomic E-state index is 11.0. The SMILES string of the molecule is O=C(OP(=O)(O)O)C(=O)[C@@H](O)[C@H](O)[C@H](O)CO. The van der Waals surface area contributed by atoms with Gasteiger partial charge in [0.05, 0.1) is 6.61 Å². The first-order valence-electron chi connectivity index (χ1n) is 4.08. The highest BCUT2D eigenvalue weighted by molar-refractivity contribution is 7.47. The van der Waals surface area contributed by atoms with Crippen LogP contribution in [0.1, 0.15) is 0 Å². The smallest absolute Gasteiger partial charge is 0.394 e. The summed E-state index contributed by atoms with van der Waals surface area (Å²) in [4.78, 5) is 38.1. The average Bonchev–Trinajstić information content (AvgIpc) is 2.22. The maximum Gasteiger partial charge on any atom is 0.527 e. The Labute approximate surface area is 94.3 Å². The largest absolute Gasteiger partial charge is 0.527 e. The molecule has 0 aliphatic heterocycles. The number of carbonyl (C=O) groups is 2. The standard InChI is InChI=1S/C6H11O10P/c7-1-2(8)3(9)4(10)5(11)6(12)16-17(13,14)15/h2-4,7-10H,1H2,(H2,13,14,15)/t2-,3-,4+/m1/s1.